The van der Waals surface area contributed by atoms with Gasteiger partial charge in [0.1, 0.15) is 9.22 Å². The minimum atomic E-state index is -1.36. The first-order chi connectivity index (χ1) is 11.5. The molecule has 1 aliphatic rings. The number of hydrogen-bond acceptors (Lipinski definition) is 8. The summed E-state index contributed by atoms with van der Waals surface area (Å²) in [6.07, 6.45) is 1.81. The molecule has 0 aromatic carbocycles. The number of nitrogens with zero attached hydrogens (tertiary/aromatic N) is 4. The summed E-state index contributed by atoms with van der Waals surface area (Å²) in [5.41, 5.74) is 5.40. The van der Waals surface area contributed by atoms with Crippen molar-refractivity contribution >= 4 is 51.6 Å². The number of halogens is 1. The molecule has 9 nitrogen and oxygen atoms in total. The number of anilines is 1. The van der Waals surface area contributed by atoms with Crippen molar-refractivity contribution in [3.05, 3.63) is 10.0 Å². The highest BCUT2D eigenvalue weighted by Crippen LogP contribution is 2.58. The third-order valence-electron chi connectivity index (χ3n) is 3.94. The quantitative estimate of drug-likeness (QED) is 0.314. The van der Waals surface area contributed by atoms with Gasteiger partial charge in [-0.15, -0.1) is 0 Å². The lowest BCUT2D eigenvalue weighted by Crippen LogP contribution is -2.32. The van der Waals surface area contributed by atoms with Crippen molar-refractivity contribution in [3.63, 3.8) is 0 Å². The molecule has 0 aliphatic heterocycles. The summed E-state index contributed by atoms with van der Waals surface area (Å²) in [4.78, 5) is 37.3. The van der Waals surface area contributed by atoms with Crippen LogP contribution >= 0.6 is 22.6 Å². The van der Waals surface area contributed by atoms with Crippen LogP contribution in [0.1, 0.15) is 26.3 Å². The van der Waals surface area contributed by atoms with Crippen molar-refractivity contribution in [2.75, 3.05) is 18.9 Å². The molecule has 1 atom stereocenters. The van der Waals surface area contributed by atoms with Crippen molar-refractivity contribution in [2.24, 2.45) is 5.41 Å². The summed E-state index contributed by atoms with van der Waals surface area (Å²) in [5, 5.41) is 0. The van der Waals surface area contributed by atoms with Crippen LogP contribution in [0.5, 0.6) is 0 Å². The average Bonchev–Trinajstić information content (AvgIpc) is 3.14. The summed E-state index contributed by atoms with van der Waals surface area (Å²) in [6.45, 7) is 3.75. The normalized spacial score (nSPS) is 18.4. The van der Waals surface area contributed by atoms with Crippen LogP contribution in [-0.4, -0.2) is 44.7 Å². The van der Waals surface area contributed by atoms with Gasteiger partial charge in [-0.25, -0.2) is 9.97 Å². The van der Waals surface area contributed by atoms with Crippen LogP contribution in [0.3, 0.4) is 0 Å². The standard InChI is InChI=1S/C14H16IN5O4/c1-3-23-11(21)14(12(22)24-4-2)5-7(14)20-6-17-8-9(15)18-13(16)19-10(8)20/h6-7H,3-5H2,1-2H3,(H2,16,18,19). The molecule has 0 amide bonds. The number of rotatable bonds is 5. The lowest BCUT2D eigenvalue weighted by Gasteiger charge is -2.15. The first kappa shape index (κ1) is 16.9. The molecule has 0 saturated heterocycles. The number of ether oxygens (including phenoxy) is 2. The van der Waals surface area contributed by atoms with Crippen LogP contribution in [0.15, 0.2) is 6.33 Å². The predicted molar refractivity (Wildman–Crippen MR) is 91.8 cm³/mol. The molecule has 10 heteroatoms. The van der Waals surface area contributed by atoms with Gasteiger partial charge >= 0.3 is 11.9 Å². The van der Waals surface area contributed by atoms with Crippen LogP contribution < -0.4 is 5.73 Å². The van der Waals surface area contributed by atoms with E-state index < -0.39 is 23.4 Å². The SMILES string of the molecule is CCOC(=O)C1(C(=O)OCC)CC1n1cnc2c(I)nc(N)nc21. The molecule has 2 aromatic heterocycles. The van der Waals surface area contributed by atoms with Crippen molar-refractivity contribution in [1.82, 2.24) is 19.5 Å². The van der Waals surface area contributed by atoms with Crippen LogP contribution in [0.2, 0.25) is 0 Å². The summed E-state index contributed by atoms with van der Waals surface area (Å²) >= 11 is 2.01. The number of nitrogens with two attached hydrogens (primary N) is 1. The van der Waals surface area contributed by atoms with E-state index in [4.69, 9.17) is 15.2 Å². The van der Waals surface area contributed by atoms with Gasteiger partial charge in [0.15, 0.2) is 11.1 Å². The molecule has 2 aromatic rings. The maximum atomic E-state index is 12.4. The van der Waals surface area contributed by atoms with E-state index in [1.807, 2.05) is 22.6 Å². The summed E-state index contributed by atoms with van der Waals surface area (Å²) in [5.74, 6) is -1.08. The molecule has 1 fully saturated rings. The van der Waals surface area contributed by atoms with Crippen molar-refractivity contribution in [1.29, 1.82) is 0 Å². The van der Waals surface area contributed by atoms with Gasteiger partial charge in [0.25, 0.3) is 0 Å². The second-order valence-corrected chi connectivity index (χ2v) is 6.35. The lowest BCUT2D eigenvalue weighted by molar-refractivity contribution is -0.164. The van der Waals surface area contributed by atoms with E-state index in [9.17, 15) is 9.59 Å². The fraction of sp³-hybridized carbons (Fsp3) is 0.500. The van der Waals surface area contributed by atoms with E-state index in [1.165, 1.54) is 6.33 Å². The summed E-state index contributed by atoms with van der Waals surface area (Å²) in [7, 11) is 0. The molecule has 0 radical (unpaired) electrons. The number of carbonyl (C=O) groups is 2. The minimum Gasteiger partial charge on any atom is -0.465 e. The highest BCUT2D eigenvalue weighted by atomic mass is 127. The second kappa shape index (κ2) is 6.15. The predicted octanol–water partition coefficient (Wildman–Crippen LogP) is 1.07. The summed E-state index contributed by atoms with van der Waals surface area (Å²) < 4.78 is 12.5. The lowest BCUT2D eigenvalue weighted by atomic mass is 10.1. The van der Waals surface area contributed by atoms with Crippen LogP contribution in [0.25, 0.3) is 11.2 Å². The first-order valence-electron chi connectivity index (χ1n) is 7.45. The van der Waals surface area contributed by atoms with Crippen LogP contribution in [0, 0.1) is 9.12 Å². The van der Waals surface area contributed by atoms with E-state index in [0.717, 1.165) is 0 Å². The van der Waals surface area contributed by atoms with E-state index >= 15 is 0 Å². The number of aromatic nitrogens is 4. The molecule has 1 saturated carbocycles. The Morgan fingerprint density at radius 2 is 1.96 bits per heavy atom. The van der Waals surface area contributed by atoms with E-state index in [1.54, 1.807) is 18.4 Å². The molecule has 128 valence electrons. The molecular formula is C14H16IN5O4. The third-order valence-corrected chi connectivity index (χ3v) is 4.69. The maximum Gasteiger partial charge on any atom is 0.325 e. The molecule has 1 aliphatic carbocycles. The van der Waals surface area contributed by atoms with Crippen LogP contribution in [0.4, 0.5) is 5.95 Å². The molecule has 0 bridgehead atoms. The number of fused-ring (bicyclic) bond motifs is 1. The van der Waals surface area contributed by atoms with Gasteiger partial charge in [-0.3, -0.25) is 9.59 Å². The molecule has 0 spiro atoms. The van der Waals surface area contributed by atoms with Gasteiger partial charge in [-0.2, -0.15) is 4.98 Å². The zero-order valence-electron chi connectivity index (χ0n) is 13.2. The Labute approximate surface area is 151 Å². The van der Waals surface area contributed by atoms with Crippen molar-refractivity contribution in [3.8, 4) is 0 Å². The zero-order valence-corrected chi connectivity index (χ0v) is 15.3. The molecule has 3 rings (SSSR count). The van der Waals surface area contributed by atoms with Gasteiger partial charge in [0.05, 0.1) is 25.6 Å². The van der Waals surface area contributed by atoms with Gasteiger partial charge in [0, 0.05) is 0 Å². The Kier molecular flexibility index (Phi) is 4.32. The highest BCUT2D eigenvalue weighted by Gasteiger charge is 2.69. The number of imidazole rings is 1. The van der Waals surface area contributed by atoms with E-state index in [-0.39, 0.29) is 25.6 Å². The van der Waals surface area contributed by atoms with Gasteiger partial charge in [-0.1, -0.05) is 0 Å². The fourth-order valence-corrected chi connectivity index (χ4v) is 3.38. The van der Waals surface area contributed by atoms with Crippen molar-refractivity contribution < 1.29 is 19.1 Å². The first-order valence-corrected chi connectivity index (χ1v) is 8.53. The van der Waals surface area contributed by atoms with Crippen LogP contribution in [-0.2, 0) is 19.1 Å². The second-order valence-electron chi connectivity index (χ2n) is 5.33. The zero-order chi connectivity index (χ0) is 17.5. The number of hydrogen-bond donors (Lipinski definition) is 1. The number of esters is 2. The fourth-order valence-electron chi connectivity index (χ4n) is 2.75. The van der Waals surface area contributed by atoms with Gasteiger partial charge in [-0.05, 0) is 42.9 Å². The Morgan fingerprint density at radius 3 is 2.54 bits per heavy atom. The molecule has 2 N–H and O–H groups in total. The highest BCUT2D eigenvalue weighted by molar-refractivity contribution is 14.1. The Bertz CT molecular complexity index is 803. The van der Waals surface area contributed by atoms with Gasteiger partial charge in [0.2, 0.25) is 5.95 Å². The summed E-state index contributed by atoms with van der Waals surface area (Å²) in [6, 6.07) is -0.467. The van der Waals surface area contributed by atoms with E-state index in [2.05, 4.69) is 15.0 Å². The maximum absolute atomic E-state index is 12.4. The van der Waals surface area contributed by atoms with Crippen molar-refractivity contribution in [2.45, 2.75) is 26.3 Å². The minimum absolute atomic E-state index is 0.104. The number of carbonyl (C=O) groups excluding carboxylic acids is 2. The van der Waals surface area contributed by atoms with Gasteiger partial charge < -0.3 is 19.8 Å². The monoisotopic (exact) mass is 445 g/mol. The Balaban J connectivity index is 2.04. The average molecular weight is 445 g/mol. The molecule has 2 heterocycles. The third kappa shape index (κ3) is 2.48. The Hall–Kier alpha value is -1.98. The smallest absolute Gasteiger partial charge is 0.325 e. The molecule has 1 unspecified atom stereocenters. The number of nitrogen functional groups attached to an aromatic ring is 1. The Morgan fingerprint density at radius 1 is 1.33 bits per heavy atom. The van der Waals surface area contributed by atoms with E-state index in [0.29, 0.717) is 14.9 Å². The molecule has 24 heavy (non-hydrogen) atoms. The largest absolute Gasteiger partial charge is 0.465 e. The topological polar surface area (TPSA) is 122 Å². The molecular weight excluding hydrogens is 429 g/mol.